The van der Waals surface area contributed by atoms with Crippen LogP contribution in [-0.4, -0.2) is 61.2 Å². The molecule has 7 rings (SSSR count). The third kappa shape index (κ3) is 11.6. The van der Waals surface area contributed by atoms with Crippen molar-refractivity contribution in [3.05, 3.63) is 197 Å². The summed E-state index contributed by atoms with van der Waals surface area (Å²) in [5.74, 6) is -0.464. The van der Waals surface area contributed by atoms with Crippen molar-refractivity contribution in [3.8, 4) is 11.1 Å². The second-order valence-electron chi connectivity index (χ2n) is 16.6. The fourth-order valence-corrected chi connectivity index (χ4v) is 9.16. The lowest BCUT2D eigenvalue weighted by Crippen LogP contribution is -2.47. The molecule has 0 aromatic heterocycles. The maximum absolute atomic E-state index is 13.7. The second kappa shape index (κ2) is 20.8. The van der Waals surface area contributed by atoms with Crippen molar-refractivity contribution in [3.63, 3.8) is 0 Å². The first kappa shape index (κ1) is 45.5. The van der Waals surface area contributed by atoms with Gasteiger partial charge in [0.05, 0.1) is 29.8 Å². The maximum atomic E-state index is 13.7. The van der Waals surface area contributed by atoms with Crippen LogP contribution >= 0.6 is 0 Å². The fraction of sp³-hybridized carbons (Fsp3) is 0.288. The van der Waals surface area contributed by atoms with E-state index in [-0.39, 0.29) is 48.6 Å². The number of hydrogen-bond donors (Lipinski definition) is 4. The predicted octanol–water partition coefficient (Wildman–Crippen LogP) is 8.21. The zero-order valence-corrected chi connectivity index (χ0v) is 37.0. The topological polar surface area (TPSA) is 137 Å². The summed E-state index contributed by atoms with van der Waals surface area (Å²) < 4.78 is 42.9. The van der Waals surface area contributed by atoms with Gasteiger partial charge in [-0.15, -0.1) is 0 Å². The summed E-state index contributed by atoms with van der Waals surface area (Å²) in [6, 6.07) is 48.1. The molecule has 0 aliphatic carbocycles. The third-order valence-electron chi connectivity index (χ3n) is 12.0. The van der Waals surface area contributed by atoms with Gasteiger partial charge in [-0.05, 0) is 84.5 Å². The molecule has 0 bridgehead atoms. The Kier molecular flexibility index (Phi) is 15.0. The van der Waals surface area contributed by atoms with Gasteiger partial charge >= 0.3 is 0 Å². The van der Waals surface area contributed by atoms with E-state index in [2.05, 4.69) is 21.9 Å². The van der Waals surface area contributed by atoms with Gasteiger partial charge in [-0.3, -0.25) is 9.69 Å². The molecule has 63 heavy (non-hydrogen) atoms. The van der Waals surface area contributed by atoms with Crippen LogP contribution in [0.5, 0.6) is 0 Å². The minimum absolute atomic E-state index is 0.0331. The van der Waals surface area contributed by atoms with Gasteiger partial charge in [0.2, 0.25) is 15.9 Å². The van der Waals surface area contributed by atoms with E-state index in [0.717, 1.165) is 50.1 Å². The Balaban J connectivity index is 1.05. The van der Waals surface area contributed by atoms with Crippen LogP contribution in [0.3, 0.4) is 0 Å². The first-order valence-corrected chi connectivity index (χ1v) is 22.9. The van der Waals surface area contributed by atoms with E-state index >= 15 is 0 Å². The molecule has 7 atom stereocenters. The molecule has 11 heteroatoms. The highest BCUT2D eigenvalue weighted by atomic mass is 32.2. The van der Waals surface area contributed by atoms with Crippen LogP contribution in [0.15, 0.2) is 163 Å². The van der Waals surface area contributed by atoms with Crippen molar-refractivity contribution >= 4 is 15.9 Å². The lowest BCUT2D eigenvalue weighted by atomic mass is 9.89. The number of benzene rings is 6. The molecule has 1 saturated heterocycles. The summed E-state index contributed by atoms with van der Waals surface area (Å²) >= 11 is 0. The number of rotatable bonds is 17. The molecule has 0 saturated carbocycles. The van der Waals surface area contributed by atoms with Gasteiger partial charge in [-0.2, -0.15) is 4.72 Å². The van der Waals surface area contributed by atoms with Gasteiger partial charge in [-0.1, -0.05) is 152 Å². The van der Waals surface area contributed by atoms with Gasteiger partial charge in [0.15, 0.2) is 6.29 Å². The van der Waals surface area contributed by atoms with Crippen molar-refractivity contribution in [1.29, 1.82) is 0 Å². The Morgan fingerprint density at radius 1 is 0.746 bits per heavy atom. The van der Waals surface area contributed by atoms with Crippen LogP contribution in [0.2, 0.25) is 0 Å². The fourth-order valence-electron chi connectivity index (χ4n) is 7.96. The molecular weight excluding hydrogens is 811 g/mol. The second-order valence-corrected chi connectivity index (χ2v) is 18.3. The number of likely N-dealkylation sites (N-methyl/N-ethyl adjacent to an activating group) is 1. The van der Waals surface area contributed by atoms with E-state index in [4.69, 9.17) is 9.47 Å². The van der Waals surface area contributed by atoms with Crippen molar-refractivity contribution in [2.45, 2.75) is 81.9 Å². The number of nitrogens with zero attached hydrogens (tertiary/aromatic N) is 1. The summed E-state index contributed by atoms with van der Waals surface area (Å²) in [7, 11) is -1.97. The number of aliphatic hydroxyl groups is 2. The molecule has 328 valence electrons. The van der Waals surface area contributed by atoms with Crippen molar-refractivity contribution in [2.24, 2.45) is 5.92 Å². The normalized spacial score (nSPS) is 19.3. The first-order chi connectivity index (χ1) is 30.4. The van der Waals surface area contributed by atoms with Crippen LogP contribution < -0.4 is 10.0 Å². The maximum Gasteiger partial charge on any atom is 0.241 e. The Morgan fingerprint density at radius 2 is 1.38 bits per heavy atom. The van der Waals surface area contributed by atoms with E-state index < -0.39 is 34.4 Å². The number of aliphatic hydroxyl groups excluding tert-OH is 2. The zero-order chi connectivity index (χ0) is 44.5. The number of aryl methyl sites for hydroxylation is 1. The van der Waals surface area contributed by atoms with Crippen LogP contribution in [0, 0.1) is 12.8 Å². The highest BCUT2D eigenvalue weighted by Gasteiger charge is 2.39. The molecule has 1 fully saturated rings. The average molecular weight is 868 g/mol. The number of amides is 1. The minimum Gasteiger partial charge on any atom is -0.392 e. The molecule has 6 aromatic carbocycles. The lowest BCUT2D eigenvalue weighted by Gasteiger charge is -2.43. The van der Waals surface area contributed by atoms with Gasteiger partial charge in [-0.25, -0.2) is 8.42 Å². The highest BCUT2D eigenvalue weighted by molar-refractivity contribution is 7.89. The average Bonchev–Trinajstić information content (AvgIpc) is 3.31. The van der Waals surface area contributed by atoms with E-state index in [1.165, 1.54) is 12.1 Å². The molecule has 6 aromatic rings. The van der Waals surface area contributed by atoms with E-state index in [0.29, 0.717) is 6.54 Å². The van der Waals surface area contributed by atoms with Gasteiger partial charge in [0, 0.05) is 30.6 Å². The highest BCUT2D eigenvalue weighted by Crippen LogP contribution is 2.42. The van der Waals surface area contributed by atoms with Crippen molar-refractivity contribution < 1.29 is 32.9 Å². The number of ether oxygens (including phenoxy) is 2. The van der Waals surface area contributed by atoms with Crippen LogP contribution in [0.25, 0.3) is 11.1 Å². The van der Waals surface area contributed by atoms with Crippen molar-refractivity contribution in [2.75, 3.05) is 13.6 Å². The number of nitrogens with one attached hydrogen (secondary N) is 2. The molecule has 0 radical (unpaired) electrons. The molecule has 0 unspecified atom stereocenters. The quantitative estimate of drug-likeness (QED) is 0.0721. The molecule has 1 amide bonds. The van der Waals surface area contributed by atoms with Gasteiger partial charge in [0.1, 0.15) is 6.04 Å². The van der Waals surface area contributed by atoms with E-state index in [1.807, 2.05) is 154 Å². The minimum atomic E-state index is -3.97. The smallest absolute Gasteiger partial charge is 0.241 e. The largest absolute Gasteiger partial charge is 0.392 e. The van der Waals surface area contributed by atoms with E-state index in [9.17, 15) is 23.4 Å². The SMILES string of the molecule is Cc1ccc(S(=O)(=O)N[C@H](Cc2ccccc2)C(=O)NCc2cccc(-c3ccc([C@H]4O[C@@H](CN(C)[C@@H](C)[C@H](O)c5ccccc5)[C@@H](C)[C@@H](c5ccc(CO)cc5)O4)cc3)c2)cc1. The van der Waals surface area contributed by atoms with Crippen LogP contribution in [-0.2, 0) is 43.9 Å². The Bertz CT molecular complexity index is 2500. The van der Waals surface area contributed by atoms with Gasteiger partial charge in [0.25, 0.3) is 0 Å². The number of carbonyl (C=O) groups excluding carboxylic acids is 1. The molecule has 4 N–H and O–H groups in total. The molecule has 10 nitrogen and oxygen atoms in total. The van der Waals surface area contributed by atoms with Gasteiger partial charge < -0.3 is 25.0 Å². The summed E-state index contributed by atoms with van der Waals surface area (Å²) in [4.78, 5) is 15.9. The first-order valence-electron chi connectivity index (χ1n) is 21.4. The third-order valence-corrected chi connectivity index (χ3v) is 13.5. The summed E-state index contributed by atoms with van der Waals surface area (Å²) in [6.45, 7) is 6.75. The summed E-state index contributed by atoms with van der Waals surface area (Å²) in [6.07, 6.45) is -1.69. The standard InChI is InChI=1S/C52H57N3O7S/c1-35-18-28-46(29-19-35)63(59,60)54-47(31-38-12-7-5-8-13-38)51(58)53-32-40-14-11-17-45(30-40)41-24-26-44(27-25-41)52-61-48(33-55(4)37(3)49(57)42-15-9-6-10-16-42)36(2)50(62-52)43-22-20-39(34-56)21-23-43/h5-30,36-37,47-50,52,54,56-57H,31-34H2,1-4H3,(H,53,58)/t36-,37+,47-,48+,49+,50+,52+/m1/s1. The summed E-state index contributed by atoms with van der Waals surface area (Å²) in [5.41, 5.74) is 8.06. The molecular formula is C52H57N3O7S. The predicted molar refractivity (Wildman–Crippen MR) is 246 cm³/mol. The Morgan fingerprint density at radius 3 is 2.05 bits per heavy atom. The number of carbonyl (C=O) groups is 1. The number of hydrogen-bond acceptors (Lipinski definition) is 8. The molecule has 1 aliphatic heterocycles. The molecule has 0 spiro atoms. The Labute approximate surface area is 371 Å². The lowest BCUT2D eigenvalue weighted by molar-refractivity contribution is -0.276. The number of sulfonamides is 1. The van der Waals surface area contributed by atoms with E-state index in [1.54, 1.807) is 12.1 Å². The van der Waals surface area contributed by atoms with Crippen LogP contribution in [0.4, 0.5) is 0 Å². The molecule has 1 aliphatic rings. The van der Waals surface area contributed by atoms with Crippen molar-refractivity contribution in [1.82, 2.24) is 14.9 Å². The monoisotopic (exact) mass is 867 g/mol. The Hall–Kier alpha value is -5.50. The summed E-state index contributed by atoms with van der Waals surface area (Å²) in [5, 5.41) is 23.9. The zero-order valence-electron chi connectivity index (χ0n) is 36.2. The molecule has 1 heterocycles. The van der Waals surface area contributed by atoms with Crippen LogP contribution in [0.1, 0.15) is 71.3 Å².